The number of hydrogen-bond acceptors (Lipinski definition) is 10. The van der Waals surface area contributed by atoms with E-state index in [0.717, 1.165) is 11.1 Å². The van der Waals surface area contributed by atoms with Crippen molar-refractivity contribution in [2.24, 2.45) is 11.8 Å². The minimum Gasteiger partial charge on any atom is -0.477 e. The van der Waals surface area contributed by atoms with E-state index < -0.39 is 45.8 Å². The van der Waals surface area contributed by atoms with Crippen molar-refractivity contribution in [1.82, 2.24) is 40.0 Å². The highest BCUT2D eigenvalue weighted by Gasteiger charge is 2.60. The van der Waals surface area contributed by atoms with Gasteiger partial charge in [0.1, 0.15) is 5.70 Å². The fourth-order valence-electron chi connectivity index (χ4n) is 4.96. The van der Waals surface area contributed by atoms with E-state index in [2.05, 4.69) is 25.4 Å². The molecule has 1 aromatic rings. The van der Waals surface area contributed by atoms with Crippen LogP contribution in [0.25, 0.3) is 0 Å². The summed E-state index contributed by atoms with van der Waals surface area (Å²) in [6, 6.07) is -1.59. The number of hydrogen-bond donors (Lipinski definition) is 3. The number of tetrazole rings is 1. The third kappa shape index (κ3) is 4.79. The van der Waals surface area contributed by atoms with Gasteiger partial charge in [0.2, 0.25) is 21.8 Å². The van der Waals surface area contributed by atoms with Crippen LogP contribution >= 0.6 is 11.8 Å². The SMILES string of the molecule is C[C@@H](NS(=O)(=O)Cn1ncnn1)[C@H]1C(=O)N2C(C(=O)O)=C(S[C@@H]3CN[C@H](C(=O)N(C)C)C3)[C@H](C)[C@H]12. The van der Waals surface area contributed by atoms with Crippen LogP contribution in [0.15, 0.2) is 16.9 Å². The van der Waals surface area contributed by atoms with Crippen molar-refractivity contribution in [2.75, 3.05) is 20.6 Å². The summed E-state index contributed by atoms with van der Waals surface area (Å²) >= 11 is 1.38. The Balaban J connectivity index is 1.47. The number of carbonyl (C=O) groups excluding carboxylic acids is 2. The molecule has 0 radical (unpaired) electrons. The number of carboxylic acids is 1. The molecular weight excluding hydrogens is 500 g/mol. The minimum absolute atomic E-state index is 0.0333. The number of β-lactam (4-membered cyclic amide) rings is 1. The molecular formula is C19H28N8O6S2. The highest BCUT2D eigenvalue weighted by Crippen LogP contribution is 2.51. The van der Waals surface area contributed by atoms with Gasteiger partial charge in [-0.25, -0.2) is 17.9 Å². The molecule has 0 aromatic carbocycles. The quantitative estimate of drug-likeness (QED) is 0.310. The van der Waals surface area contributed by atoms with E-state index in [1.807, 2.05) is 6.92 Å². The third-order valence-electron chi connectivity index (χ3n) is 6.50. The monoisotopic (exact) mass is 528 g/mol. The smallest absolute Gasteiger partial charge is 0.353 e. The molecule has 1 aromatic heterocycles. The minimum atomic E-state index is -3.88. The lowest BCUT2D eigenvalue weighted by Gasteiger charge is -2.47. The number of carbonyl (C=O) groups is 3. The van der Waals surface area contributed by atoms with E-state index in [1.165, 1.54) is 21.6 Å². The molecule has 3 N–H and O–H groups in total. The first-order chi connectivity index (χ1) is 16.4. The number of thioether (sulfide) groups is 1. The lowest BCUT2D eigenvalue weighted by atomic mass is 9.78. The van der Waals surface area contributed by atoms with Crippen LogP contribution < -0.4 is 10.0 Å². The van der Waals surface area contributed by atoms with Crippen molar-refractivity contribution in [3.8, 4) is 0 Å². The lowest BCUT2D eigenvalue weighted by Crippen LogP contribution is -2.66. The second-order valence-electron chi connectivity index (χ2n) is 9.16. The highest BCUT2D eigenvalue weighted by atomic mass is 32.2. The van der Waals surface area contributed by atoms with Crippen LogP contribution in [0.4, 0.5) is 0 Å². The molecule has 0 spiro atoms. The Morgan fingerprint density at radius 2 is 2.11 bits per heavy atom. The molecule has 4 rings (SSSR count). The van der Waals surface area contributed by atoms with Gasteiger partial charge in [0.25, 0.3) is 0 Å². The van der Waals surface area contributed by atoms with Crippen LogP contribution in [0.1, 0.15) is 20.3 Å². The van der Waals surface area contributed by atoms with E-state index in [1.54, 1.807) is 21.0 Å². The molecule has 0 saturated carbocycles. The van der Waals surface area contributed by atoms with Crippen LogP contribution in [0.3, 0.4) is 0 Å². The molecule has 0 aliphatic carbocycles. The van der Waals surface area contributed by atoms with Gasteiger partial charge in [0, 0.05) is 42.8 Å². The summed E-state index contributed by atoms with van der Waals surface area (Å²) in [5.74, 6) is -3.26. The number of rotatable bonds is 9. The van der Waals surface area contributed by atoms with E-state index in [9.17, 15) is 27.9 Å². The maximum Gasteiger partial charge on any atom is 0.353 e. The predicted molar refractivity (Wildman–Crippen MR) is 124 cm³/mol. The number of nitrogens with one attached hydrogen (secondary N) is 2. The van der Waals surface area contributed by atoms with Gasteiger partial charge in [0.15, 0.2) is 12.2 Å². The first-order valence-corrected chi connectivity index (χ1v) is 13.6. The van der Waals surface area contributed by atoms with E-state index in [0.29, 0.717) is 17.9 Å². The molecule has 3 aliphatic rings. The topological polar surface area (TPSA) is 180 Å². The third-order valence-corrected chi connectivity index (χ3v) is 9.31. The summed E-state index contributed by atoms with van der Waals surface area (Å²) in [5, 5.41) is 23.7. The van der Waals surface area contributed by atoms with Gasteiger partial charge in [-0.1, -0.05) is 6.92 Å². The zero-order valence-electron chi connectivity index (χ0n) is 19.7. The largest absolute Gasteiger partial charge is 0.477 e. The Hall–Kier alpha value is -2.56. The maximum absolute atomic E-state index is 13.0. The van der Waals surface area contributed by atoms with Crippen molar-refractivity contribution >= 4 is 39.6 Å². The summed E-state index contributed by atoms with van der Waals surface area (Å²) < 4.78 is 27.5. The van der Waals surface area contributed by atoms with Gasteiger partial charge in [-0.15, -0.1) is 26.8 Å². The fourth-order valence-corrected chi connectivity index (χ4v) is 7.65. The molecule has 0 unspecified atom stereocenters. The summed E-state index contributed by atoms with van der Waals surface area (Å²) in [6.45, 7) is 3.97. The molecule has 2 fully saturated rings. The first kappa shape index (κ1) is 25.5. The standard InChI is InChI=1S/C19H28N8O6S2/c1-9-14-13(10(2)23-35(32,33)8-26-22-7-21-24-26)18(29)27(14)15(19(30)31)16(9)34-11-5-12(20-6-11)17(28)25(3)4/h7,9-14,20,23H,5-6,8H2,1-4H3,(H,30,31)/t9-,10-,11+,12+,13-,14-/m1/s1. The molecule has 4 heterocycles. The summed E-state index contributed by atoms with van der Waals surface area (Å²) in [4.78, 5) is 41.7. The zero-order valence-corrected chi connectivity index (χ0v) is 21.3. The number of amides is 2. The maximum atomic E-state index is 13.0. The van der Waals surface area contributed by atoms with Gasteiger partial charge in [-0.05, 0) is 18.6 Å². The van der Waals surface area contributed by atoms with E-state index in [4.69, 9.17) is 0 Å². The number of fused-ring (bicyclic) bond motifs is 1. The number of likely N-dealkylation sites (N-methyl/N-ethyl adjacent to an activating group) is 1. The van der Waals surface area contributed by atoms with Crippen molar-refractivity contribution in [2.45, 2.75) is 49.5 Å². The van der Waals surface area contributed by atoms with Gasteiger partial charge in [0.05, 0.1) is 18.0 Å². The van der Waals surface area contributed by atoms with Crippen LogP contribution in [-0.4, -0.2) is 105 Å². The van der Waals surface area contributed by atoms with Gasteiger partial charge >= 0.3 is 5.97 Å². The first-order valence-electron chi connectivity index (χ1n) is 11.0. The lowest BCUT2D eigenvalue weighted by molar-refractivity contribution is -0.157. The molecule has 16 heteroatoms. The Morgan fingerprint density at radius 1 is 1.40 bits per heavy atom. The zero-order chi connectivity index (χ0) is 25.7. The molecule has 3 aliphatic heterocycles. The average Bonchev–Trinajstić information content (AvgIpc) is 3.47. The summed E-state index contributed by atoms with van der Waals surface area (Å²) in [7, 11) is -0.513. The van der Waals surface area contributed by atoms with E-state index >= 15 is 0 Å². The molecule has 35 heavy (non-hydrogen) atoms. The number of aliphatic carboxylic acids is 1. The molecule has 192 valence electrons. The second kappa shape index (κ2) is 9.48. The van der Waals surface area contributed by atoms with Gasteiger partial charge in [-0.2, -0.15) is 0 Å². The molecule has 0 bridgehead atoms. The number of sulfonamides is 1. The average molecular weight is 529 g/mol. The predicted octanol–water partition coefficient (Wildman–Crippen LogP) is -1.74. The molecule has 2 amide bonds. The highest BCUT2D eigenvalue weighted by molar-refractivity contribution is 8.03. The molecule has 14 nitrogen and oxygen atoms in total. The van der Waals surface area contributed by atoms with Crippen molar-refractivity contribution in [1.29, 1.82) is 0 Å². The van der Waals surface area contributed by atoms with Crippen molar-refractivity contribution < 1.29 is 27.9 Å². The van der Waals surface area contributed by atoms with E-state index in [-0.39, 0.29) is 28.8 Å². The van der Waals surface area contributed by atoms with Crippen LogP contribution in [0.5, 0.6) is 0 Å². The molecule has 6 atom stereocenters. The number of aromatic nitrogens is 4. The van der Waals surface area contributed by atoms with Crippen molar-refractivity contribution in [3.63, 3.8) is 0 Å². The van der Waals surface area contributed by atoms with Crippen LogP contribution in [0.2, 0.25) is 0 Å². The van der Waals surface area contributed by atoms with Gasteiger partial charge in [-0.3, -0.25) is 9.59 Å². The number of nitrogens with zero attached hydrogens (tertiary/aromatic N) is 6. The summed E-state index contributed by atoms with van der Waals surface area (Å²) in [5.41, 5.74) is -0.0574. The van der Waals surface area contributed by atoms with Gasteiger partial charge < -0.3 is 20.2 Å². The Labute approximate surface area is 206 Å². The summed E-state index contributed by atoms with van der Waals surface area (Å²) in [6.07, 6.45) is 1.66. The van der Waals surface area contributed by atoms with Crippen LogP contribution in [-0.2, 0) is 30.3 Å². The Morgan fingerprint density at radius 3 is 2.71 bits per heavy atom. The van der Waals surface area contributed by atoms with Crippen LogP contribution in [0, 0.1) is 11.8 Å². The number of carboxylic acid groups (broad SMARTS) is 1. The Kier molecular flexibility index (Phi) is 6.91. The fraction of sp³-hybridized carbons (Fsp3) is 0.684. The second-order valence-corrected chi connectivity index (χ2v) is 12.2. The molecule has 2 saturated heterocycles. The normalized spacial score (nSPS) is 29.2. The van der Waals surface area contributed by atoms with Crippen molar-refractivity contribution in [3.05, 3.63) is 16.9 Å². The Bertz CT molecular complexity index is 1150.